The Morgan fingerprint density at radius 1 is 0.941 bits per heavy atom. The molecule has 0 unspecified atom stereocenters. The van der Waals surface area contributed by atoms with E-state index in [1.165, 1.54) is 6.26 Å². The molecule has 0 saturated heterocycles. The number of oxazole rings is 1. The lowest BCUT2D eigenvalue weighted by Crippen LogP contribution is -2.24. The molecule has 0 aliphatic rings. The fourth-order valence-corrected chi connectivity index (χ4v) is 3.68. The first-order valence-corrected chi connectivity index (χ1v) is 10.9. The summed E-state index contributed by atoms with van der Waals surface area (Å²) in [4.78, 5) is 19.0. The minimum Gasteiger partial charge on any atom is -0.493 e. The highest BCUT2D eigenvalue weighted by Gasteiger charge is 2.18. The van der Waals surface area contributed by atoms with E-state index in [-0.39, 0.29) is 18.1 Å². The quantitative estimate of drug-likeness (QED) is 0.354. The van der Waals surface area contributed by atoms with Crippen molar-refractivity contribution in [3.05, 3.63) is 102 Å². The maximum absolute atomic E-state index is 12.5. The number of hydrogen-bond donors (Lipinski definition) is 1. The third-order valence-corrected chi connectivity index (χ3v) is 5.27. The van der Waals surface area contributed by atoms with E-state index in [2.05, 4.69) is 27.3 Å². The van der Waals surface area contributed by atoms with Crippen molar-refractivity contribution in [2.45, 2.75) is 26.2 Å². The van der Waals surface area contributed by atoms with Crippen LogP contribution in [0.4, 0.5) is 0 Å². The van der Waals surface area contributed by atoms with Gasteiger partial charge in [0.1, 0.15) is 12.0 Å². The van der Waals surface area contributed by atoms with Gasteiger partial charge >= 0.3 is 0 Å². The standard InChI is InChI=1S/C26H27N3O5/c1-31-23-12-6-10-20(25(23)32-2)16-29(15-19-8-4-3-5-9-19)17-24-28-22(18-34-24)26(30)27-14-21-11-7-13-33-21/h3-13,18H,14-17H2,1-2H3,(H,27,30). The number of benzene rings is 2. The highest BCUT2D eigenvalue weighted by atomic mass is 16.5. The zero-order chi connectivity index (χ0) is 23.8. The Kier molecular flexibility index (Phi) is 7.62. The Bertz CT molecular complexity index is 1190. The Balaban J connectivity index is 1.49. The number of para-hydroxylation sites is 1. The van der Waals surface area contributed by atoms with Crippen molar-refractivity contribution in [2.75, 3.05) is 14.2 Å². The van der Waals surface area contributed by atoms with E-state index in [4.69, 9.17) is 18.3 Å². The molecule has 4 rings (SSSR count). The van der Waals surface area contributed by atoms with Crippen LogP contribution in [0.3, 0.4) is 0 Å². The van der Waals surface area contributed by atoms with Crippen LogP contribution in [0, 0.1) is 0 Å². The fraction of sp³-hybridized carbons (Fsp3) is 0.231. The SMILES string of the molecule is COc1cccc(CN(Cc2ccccc2)Cc2nc(C(=O)NCc3ccco3)co2)c1OC. The summed E-state index contributed by atoms with van der Waals surface area (Å²) in [7, 11) is 3.25. The van der Waals surface area contributed by atoms with E-state index in [0.717, 1.165) is 11.1 Å². The van der Waals surface area contributed by atoms with Crippen molar-refractivity contribution in [3.8, 4) is 11.5 Å². The summed E-state index contributed by atoms with van der Waals surface area (Å²) in [5.74, 6) is 2.15. The van der Waals surface area contributed by atoms with Crippen molar-refractivity contribution < 1.29 is 23.1 Å². The van der Waals surface area contributed by atoms with E-state index in [9.17, 15) is 4.79 Å². The topological polar surface area (TPSA) is 90.0 Å². The van der Waals surface area contributed by atoms with Gasteiger partial charge in [-0.05, 0) is 23.8 Å². The first kappa shape index (κ1) is 23.1. The van der Waals surface area contributed by atoms with Gasteiger partial charge in [0.15, 0.2) is 17.2 Å². The molecule has 1 amide bonds. The van der Waals surface area contributed by atoms with Gasteiger partial charge in [0.2, 0.25) is 5.89 Å². The fourth-order valence-electron chi connectivity index (χ4n) is 3.68. The Labute approximate surface area is 198 Å². The number of rotatable bonds is 11. The third kappa shape index (κ3) is 5.85. The summed E-state index contributed by atoms with van der Waals surface area (Å²) in [6, 6.07) is 19.5. The number of ether oxygens (including phenoxy) is 2. The zero-order valence-corrected chi connectivity index (χ0v) is 19.2. The number of nitrogens with one attached hydrogen (secondary N) is 1. The van der Waals surface area contributed by atoms with Gasteiger partial charge in [-0.3, -0.25) is 9.69 Å². The number of furan rings is 1. The average Bonchev–Trinajstić information content (AvgIpc) is 3.55. The van der Waals surface area contributed by atoms with Crippen molar-refractivity contribution >= 4 is 5.91 Å². The van der Waals surface area contributed by atoms with E-state index in [1.54, 1.807) is 32.6 Å². The normalized spacial score (nSPS) is 10.9. The average molecular weight is 462 g/mol. The molecule has 0 aliphatic heterocycles. The molecule has 0 atom stereocenters. The van der Waals surface area contributed by atoms with Gasteiger partial charge in [-0.2, -0.15) is 0 Å². The molecule has 4 aromatic rings. The lowest BCUT2D eigenvalue weighted by Gasteiger charge is -2.23. The van der Waals surface area contributed by atoms with Gasteiger partial charge in [0.25, 0.3) is 5.91 Å². The van der Waals surface area contributed by atoms with Crippen LogP contribution in [-0.2, 0) is 26.2 Å². The molecule has 0 bridgehead atoms. The predicted octanol–water partition coefficient (Wildman–Crippen LogP) is 4.42. The van der Waals surface area contributed by atoms with Gasteiger partial charge < -0.3 is 23.6 Å². The summed E-state index contributed by atoms with van der Waals surface area (Å²) in [5, 5.41) is 2.78. The molecule has 0 aliphatic carbocycles. The number of hydrogen-bond acceptors (Lipinski definition) is 7. The number of carbonyl (C=O) groups is 1. The molecule has 0 fully saturated rings. The second kappa shape index (κ2) is 11.2. The summed E-state index contributed by atoms with van der Waals surface area (Å²) in [5.41, 5.74) is 2.34. The highest BCUT2D eigenvalue weighted by molar-refractivity contribution is 5.91. The number of aromatic nitrogens is 1. The highest BCUT2D eigenvalue weighted by Crippen LogP contribution is 2.32. The van der Waals surface area contributed by atoms with Crippen molar-refractivity contribution in [1.29, 1.82) is 0 Å². The van der Waals surface area contributed by atoms with Crippen LogP contribution < -0.4 is 14.8 Å². The second-order valence-corrected chi connectivity index (χ2v) is 7.67. The van der Waals surface area contributed by atoms with Gasteiger partial charge in [-0.15, -0.1) is 0 Å². The number of amides is 1. The summed E-state index contributed by atoms with van der Waals surface area (Å²) < 4.78 is 21.9. The molecule has 0 saturated carbocycles. The van der Waals surface area contributed by atoms with Crippen LogP contribution in [-0.4, -0.2) is 30.0 Å². The first-order chi connectivity index (χ1) is 16.7. The minimum atomic E-state index is -0.324. The van der Waals surface area contributed by atoms with E-state index in [0.29, 0.717) is 42.8 Å². The van der Waals surface area contributed by atoms with Gasteiger partial charge in [0, 0.05) is 18.7 Å². The largest absolute Gasteiger partial charge is 0.493 e. The number of methoxy groups -OCH3 is 2. The molecule has 34 heavy (non-hydrogen) atoms. The molecule has 0 spiro atoms. The van der Waals surface area contributed by atoms with Gasteiger partial charge in [-0.25, -0.2) is 4.98 Å². The van der Waals surface area contributed by atoms with E-state index in [1.807, 2.05) is 36.4 Å². The minimum absolute atomic E-state index is 0.222. The van der Waals surface area contributed by atoms with Crippen LogP contribution in [0.5, 0.6) is 11.5 Å². The van der Waals surface area contributed by atoms with E-state index < -0.39 is 0 Å². The summed E-state index contributed by atoms with van der Waals surface area (Å²) in [6.07, 6.45) is 2.94. The molecule has 2 aromatic heterocycles. The first-order valence-electron chi connectivity index (χ1n) is 10.9. The van der Waals surface area contributed by atoms with Crippen LogP contribution in [0.25, 0.3) is 0 Å². The molecular formula is C26H27N3O5. The molecule has 8 heteroatoms. The molecule has 0 radical (unpaired) electrons. The van der Waals surface area contributed by atoms with Gasteiger partial charge in [-0.1, -0.05) is 42.5 Å². The number of nitrogens with zero attached hydrogens (tertiary/aromatic N) is 2. The molecular weight excluding hydrogens is 434 g/mol. The summed E-state index contributed by atoms with van der Waals surface area (Å²) in [6.45, 7) is 1.91. The lowest BCUT2D eigenvalue weighted by atomic mass is 10.1. The Morgan fingerprint density at radius 2 is 1.79 bits per heavy atom. The van der Waals surface area contributed by atoms with Crippen LogP contribution >= 0.6 is 0 Å². The van der Waals surface area contributed by atoms with Gasteiger partial charge in [0.05, 0.1) is 33.6 Å². The second-order valence-electron chi connectivity index (χ2n) is 7.67. The zero-order valence-electron chi connectivity index (χ0n) is 19.2. The lowest BCUT2D eigenvalue weighted by molar-refractivity contribution is 0.0943. The maximum Gasteiger partial charge on any atom is 0.273 e. The van der Waals surface area contributed by atoms with Crippen molar-refractivity contribution in [1.82, 2.24) is 15.2 Å². The molecule has 176 valence electrons. The van der Waals surface area contributed by atoms with Crippen LogP contribution in [0.1, 0.15) is 33.3 Å². The molecule has 2 aromatic carbocycles. The Morgan fingerprint density at radius 3 is 2.53 bits per heavy atom. The predicted molar refractivity (Wildman–Crippen MR) is 125 cm³/mol. The van der Waals surface area contributed by atoms with Crippen LogP contribution in [0.15, 0.2) is 82.0 Å². The third-order valence-electron chi connectivity index (χ3n) is 5.27. The van der Waals surface area contributed by atoms with Crippen molar-refractivity contribution in [3.63, 3.8) is 0 Å². The maximum atomic E-state index is 12.5. The van der Waals surface area contributed by atoms with Crippen molar-refractivity contribution in [2.24, 2.45) is 0 Å². The Hall–Kier alpha value is -4.04. The van der Waals surface area contributed by atoms with E-state index >= 15 is 0 Å². The van der Waals surface area contributed by atoms with Crippen LogP contribution in [0.2, 0.25) is 0 Å². The smallest absolute Gasteiger partial charge is 0.273 e. The monoisotopic (exact) mass is 461 g/mol. The molecule has 8 nitrogen and oxygen atoms in total. The summed E-state index contributed by atoms with van der Waals surface area (Å²) >= 11 is 0. The molecule has 2 heterocycles. The molecule has 1 N–H and O–H groups in total. The number of carbonyl (C=O) groups excluding carboxylic acids is 1.